The molecule has 3 rings (SSSR count). The summed E-state index contributed by atoms with van der Waals surface area (Å²) >= 11 is 0. The van der Waals surface area contributed by atoms with Gasteiger partial charge in [-0.05, 0) is 45.1 Å². The molecule has 1 aliphatic carbocycles. The minimum atomic E-state index is 0.799. The molecule has 0 aromatic rings. The summed E-state index contributed by atoms with van der Waals surface area (Å²) in [4.78, 5) is 2.79. The summed E-state index contributed by atoms with van der Waals surface area (Å²) in [5.74, 6) is 0. The summed E-state index contributed by atoms with van der Waals surface area (Å²) in [6.45, 7) is 4.50. The predicted octanol–water partition coefficient (Wildman–Crippen LogP) is 1.77. The van der Waals surface area contributed by atoms with Gasteiger partial charge >= 0.3 is 0 Å². The van der Waals surface area contributed by atoms with Gasteiger partial charge < -0.3 is 10.1 Å². The Morgan fingerprint density at radius 1 is 1.00 bits per heavy atom. The molecule has 2 heterocycles. The maximum atomic E-state index is 5.49. The van der Waals surface area contributed by atoms with Crippen LogP contribution in [0.15, 0.2) is 0 Å². The maximum Gasteiger partial charge on any atom is 0.0480 e. The van der Waals surface area contributed by atoms with E-state index in [2.05, 4.69) is 10.2 Å². The van der Waals surface area contributed by atoms with Crippen molar-refractivity contribution in [2.75, 3.05) is 26.3 Å². The molecule has 98 valence electrons. The predicted molar refractivity (Wildman–Crippen MR) is 69.2 cm³/mol. The van der Waals surface area contributed by atoms with Gasteiger partial charge in [0.2, 0.25) is 0 Å². The Balaban J connectivity index is 1.53. The SMILES string of the molecule is C1CCN(C2CCOCC2)C(CNC2CC2)C1. The zero-order valence-corrected chi connectivity index (χ0v) is 10.9. The van der Waals surface area contributed by atoms with Gasteiger partial charge in [-0.25, -0.2) is 0 Å². The molecule has 0 aromatic carbocycles. The Morgan fingerprint density at radius 3 is 2.59 bits per heavy atom. The molecule has 2 aliphatic heterocycles. The Labute approximate surface area is 105 Å². The highest BCUT2D eigenvalue weighted by Crippen LogP contribution is 2.25. The topological polar surface area (TPSA) is 24.5 Å². The lowest BCUT2D eigenvalue weighted by Gasteiger charge is -2.43. The molecule has 0 radical (unpaired) electrons. The van der Waals surface area contributed by atoms with Crippen LogP contribution in [-0.2, 0) is 4.74 Å². The van der Waals surface area contributed by atoms with Crippen molar-refractivity contribution in [1.29, 1.82) is 0 Å². The average Bonchev–Trinajstić information content (AvgIpc) is 3.22. The van der Waals surface area contributed by atoms with Gasteiger partial charge in [0, 0.05) is 37.9 Å². The van der Waals surface area contributed by atoms with Crippen LogP contribution in [0.2, 0.25) is 0 Å². The fourth-order valence-corrected chi connectivity index (χ4v) is 3.33. The van der Waals surface area contributed by atoms with Gasteiger partial charge in [0.05, 0.1) is 0 Å². The third-order valence-electron chi connectivity index (χ3n) is 4.55. The zero-order valence-electron chi connectivity index (χ0n) is 10.9. The van der Waals surface area contributed by atoms with Crippen LogP contribution in [0, 0.1) is 0 Å². The van der Waals surface area contributed by atoms with Crippen molar-refractivity contribution in [3.63, 3.8) is 0 Å². The third-order valence-corrected chi connectivity index (χ3v) is 4.55. The summed E-state index contributed by atoms with van der Waals surface area (Å²) in [5, 5.41) is 3.72. The second-order valence-corrected chi connectivity index (χ2v) is 5.91. The van der Waals surface area contributed by atoms with Gasteiger partial charge in [0.25, 0.3) is 0 Å². The number of hydrogen-bond acceptors (Lipinski definition) is 3. The van der Waals surface area contributed by atoms with E-state index in [9.17, 15) is 0 Å². The average molecular weight is 238 g/mol. The Kier molecular flexibility index (Phi) is 3.99. The Bertz CT molecular complexity index is 236. The summed E-state index contributed by atoms with van der Waals surface area (Å²) in [7, 11) is 0. The molecule has 0 spiro atoms. The molecule has 3 nitrogen and oxygen atoms in total. The molecule has 3 fully saturated rings. The molecule has 0 bridgehead atoms. The lowest BCUT2D eigenvalue weighted by Crippen LogP contribution is -2.52. The smallest absolute Gasteiger partial charge is 0.0480 e. The first-order chi connectivity index (χ1) is 8.43. The van der Waals surface area contributed by atoms with Crippen molar-refractivity contribution in [2.24, 2.45) is 0 Å². The van der Waals surface area contributed by atoms with Gasteiger partial charge in [0.15, 0.2) is 0 Å². The van der Waals surface area contributed by atoms with E-state index in [1.54, 1.807) is 0 Å². The number of hydrogen-bond donors (Lipinski definition) is 1. The third kappa shape index (κ3) is 3.21. The Morgan fingerprint density at radius 2 is 1.82 bits per heavy atom. The van der Waals surface area contributed by atoms with Gasteiger partial charge in [-0.2, -0.15) is 0 Å². The molecule has 1 unspecified atom stereocenters. The van der Waals surface area contributed by atoms with Crippen molar-refractivity contribution in [2.45, 2.75) is 63.1 Å². The van der Waals surface area contributed by atoms with E-state index in [1.807, 2.05) is 0 Å². The molecule has 1 saturated carbocycles. The van der Waals surface area contributed by atoms with E-state index >= 15 is 0 Å². The summed E-state index contributed by atoms with van der Waals surface area (Å²) in [5.41, 5.74) is 0. The number of nitrogens with zero attached hydrogens (tertiary/aromatic N) is 1. The largest absolute Gasteiger partial charge is 0.381 e. The van der Waals surface area contributed by atoms with Crippen LogP contribution in [0.4, 0.5) is 0 Å². The van der Waals surface area contributed by atoms with Crippen LogP contribution in [0.3, 0.4) is 0 Å². The lowest BCUT2D eigenvalue weighted by molar-refractivity contribution is 0.00490. The quantitative estimate of drug-likeness (QED) is 0.808. The highest BCUT2D eigenvalue weighted by atomic mass is 16.5. The van der Waals surface area contributed by atoms with Crippen molar-refractivity contribution >= 4 is 0 Å². The van der Waals surface area contributed by atoms with Crippen LogP contribution >= 0.6 is 0 Å². The van der Waals surface area contributed by atoms with Gasteiger partial charge in [0.1, 0.15) is 0 Å². The van der Waals surface area contributed by atoms with E-state index in [0.29, 0.717) is 0 Å². The molecular formula is C14H26N2O. The first-order valence-corrected chi connectivity index (χ1v) is 7.50. The molecule has 17 heavy (non-hydrogen) atoms. The number of ether oxygens (including phenoxy) is 1. The molecule has 3 aliphatic rings. The van der Waals surface area contributed by atoms with Gasteiger partial charge in [-0.1, -0.05) is 6.42 Å². The van der Waals surface area contributed by atoms with Crippen molar-refractivity contribution in [3.8, 4) is 0 Å². The van der Waals surface area contributed by atoms with Gasteiger partial charge in [-0.15, -0.1) is 0 Å². The number of nitrogens with one attached hydrogen (secondary N) is 1. The summed E-state index contributed by atoms with van der Waals surface area (Å²) < 4.78 is 5.49. The standard InChI is InChI=1S/C14H26N2O/c1-2-8-16(13-6-9-17-10-7-13)14(3-1)11-15-12-4-5-12/h12-15H,1-11H2. The minimum absolute atomic E-state index is 0.799. The van der Waals surface area contributed by atoms with E-state index in [0.717, 1.165) is 31.3 Å². The molecule has 0 aromatic heterocycles. The number of rotatable bonds is 4. The lowest BCUT2D eigenvalue weighted by atomic mass is 9.96. The molecule has 1 N–H and O–H groups in total. The van der Waals surface area contributed by atoms with E-state index in [-0.39, 0.29) is 0 Å². The van der Waals surface area contributed by atoms with Crippen LogP contribution < -0.4 is 5.32 Å². The molecule has 3 heteroatoms. The fraction of sp³-hybridized carbons (Fsp3) is 1.00. The van der Waals surface area contributed by atoms with Crippen molar-refractivity contribution in [1.82, 2.24) is 10.2 Å². The zero-order chi connectivity index (χ0) is 11.5. The van der Waals surface area contributed by atoms with Crippen LogP contribution in [0.5, 0.6) is 0 Å². The minimum Gasteiger partial charge on any atom is -0.381 e. The number of piperidine rings is 1. The van der Waals surface area contributed by atoms with Crippen LogP contribution in [0.25, 0.3) is 0 Å². The highest BCUT2D eigenvalue weighted by Gasteiger charge is 2.31. The molecular weight excluding hydrogens is 212 g/mol. The summed E-state index contributed by atoms with van der Waals surface area (Å²) in [6, 6.07) is 2.45. The highest BCUT2D eigenvalue weighted by molar-refractivity contribution is 4.88. The van der Waals surface area contributed by atoms with E-state index in [1.165, 1.54) is 58.0 Å². The monoisotopic (exact) mass is 238 g/mol. The second kappa shape index (κ2) is 5.68. The fourth-order valence-electron chi connectivity index (χ4n) is 3.33. The molecule has 1 atom stereocenters. The van der Waals surface area contributed by atoms with Crippen LogP contribution in [0.1, 0.15) is 44.9 Å². The first-order valence-electron chi connectivity index (χ1n) is 7.50. The van der Waals surface area contributed by atoms with Crippen LogP contribution in [-0.4, -0.2) is 49.3 Å². The Hall–Kier alpha value is -0.120. The molecule has 0 amide bonds. The van der Waals surface area contributed by atoms with Crippen molar-refractivity contribution in [3.05, 3.63) is 0 Å². The first kappa shape index (κ1) is 11.9. The van der Waals surface area contributed by atoms with Gasteiger partial charge in [-0.3, -0.25) is 4.90 Å². The maximum absolute atomic E-state index is 5.49. The molecule has 2 saturated heterocycles. The summed E-state index contributed by atoms with van der Waals surface area (Å²) in [6.07, 6.45) is 9.54. The normalized spacial score (nSPS) is 32.8. The van der Waals surface area contributed by atoms with Crippen molar-refractivity contribution < 1.29 is 4.74 Å². The number of likely N-dealkylation sites (tertiary alicyclic amines) is 1. The van der Waals surface area contributed by atoms with E-state index in [4.69, 9.17) is 4.74 Å². The second-order valence-electron chi connectivity index (χ2n) is 5.91. The van der Waals surface area contributed by atoms with E-state index < -0.39 is 0 Å².